The molecule has 0 N–H and O–H groups in total. The maximum Gasteiger partial charge on any atom is 0.243 e. The van der Waals surface area contributed by atoms with Crippen molar-refractivity contribution >= 4 is 33.5 Å². The van der Waals surface area contributed by atoms with Crippen LogP contribution in [0.15, 0.2) is 46.0 Å². The van der Waals surface area contributed by atoms with E-state index in [4.69, 9.17) is 4.74 Å². The third-order valence-corrected chi connectivity index (χ3v) is 3.85. The number of nitrogens with zero attached hydrogens (tertiary/aromatic N) is 2. The molecule has 0 unspecified atom stereocenters. The first-order chi connectivity index (χ1) is 9.20. The predicted octanol–water partition coefficient (Wildman–Crippen LogP) is 3.22. The van der Waals surface area contributed by atoms with Crippen LogP contribution in [0.25, 0.3) is 0 Å². The number of carbonyl (C=O) groups is 1. The Morgan fingerprint density at radius 1 is 1.26 bits per heavy atom. The van der Waals surface area contributed by atoms with Crippen molar-refractivity contribution in [1.82, 2.24) is 9.97 Å². The van der Waals surface area contributed by atoms with Crippen molar-refractivity contribution in [3.63, 3.8) is 0 Å². The normalized spacial score (nSPS) is 10.2. The Morgan fingerprint density at radius 2 is 1.95 bits per heavy atom. The van der Waals surface area contributed by atoms with E-state index < -0.39 is 0 Å². The Labute approximate surface area is 123 Å². The van der Waals surface area contributed by atoms with E-state index in [-0.39, 0.29) is 17.4 Å². The van der Waals surface area contributed by atoms with Crippen molar-refractivity contribution in [3.8, 4) is 5.88 Å². The van der Waals surface area contributed by atoms with E-state index in [1.54, 1.807) is 0 Å². The van der Waals surface area contributed by atoms with Crippen LogP contribution in [0.2, 0.25) is 0 Å². The Balaban J connectivity index is 2.03. The molecule has 0 aliphatic rings. The van der Waals surface area contributed by atoms with E-state index >= 15 is 0 Å². The number of benzene rings is 1. The molecule has 0 saturated carbocycles. The fourth-order valence-electron chi connectivity index (χ4n) is 1.41. The van der Waals surface area contributed by atoms with Gasteiger partial charge in [0.15, 0.2) is 11.5 Å². The van der Waals surface area contributed by atoms with Gasteiger partial charge in [-0.3, -0.25) is 4.79 Å². The van der Waals surface area contributed by atoms with Crippen LogP contribution in [-0.4, -0.2) is 28.6 Å². The van der Waals surface area contributed by atoms with Gasteiger partial charge in [0, 0.05) is 21.8 Å². The fraction of sp³-hybridized carbons (Fsp3) is 0.154. The first kappa shape index (κ1) is 14.0. The summed E-state index contributed by atoms with van der Waals surface area (Å²) >= 11 is 4.83. The van der Waals surface area contributed by atoms with Crippen molar-refractivity contribution in [3.05, 3.63) is 46.8 Å². The molecular weight excluding hydrogens is 328 g/mol. The topological polar surface area (TPSA) is 52.1 Å². The van der Waals surface area contributed by atoms with Crippen LogP contribution in [0.5, 0.6) is 5.88 Å². The Bertz CT molecular complexity index is 575. The lowest BCUT2D eigenvalue weighted by Crippen LogP contribution is -2.08. The molecule has 1 heterocycles. The highest BCUT2D eigenvalue weighted by Gasteiger charge is 2.14. The Morgan fingerprint density at radius 3 is 2.63 bits per heavy atom. The van der Waals surface area contributed by atoms with Crippen LogP contribution in [0.3, 0.4) is 0 Å². The number of ketones is 1. The van der Waals surface area contributed by atoms with Crippen molar-refractivity contribution < 1.29 is 9.53 Å². The third-order valence-electron chi connectivity index (χ3n) is 2.31. The third kappa shape index (κ3) is 3.78. The lowest BCUT2D eigenvalue weighted by Gasteiger charge is -2.05. The van der Waals surface area contributed by atoms with Crippen LogP contribution < -0.4 is 4.74 Å². The molecule has 98 valence electrons. The van der Waals surface area contributed by atoms with Crippen molar-refractivity contribution in [2.24, 2.45) is 0 Å². The van der Waals surface area contributed by atoms with E-state index in [1.807, 2.05) is 24.3 Å². The van der Waals surface area contributed by atoms with Crippen LogP contribution in [0, 0.1) is 0 Å². The number of ether oxygens (including phenoxy) is 1. The van der Waals surface area contributed by atoms with Gasteiger partial charge >= 0.3 is 0 Å². The predicted molar refractivity (Wildman–Crippen MR) is 77.8 cm³/mol. The molecule has 0 radical (unpaired) electrons. The fourth-order valence-corrected chi connectivity index (χ4v) is 2.44. The van der Waals surface area contributed by atoms with Gasteiger partial charge in [-0.25, -0.2) is 9.97 Å². The molecule has 0 aliphatic carbocycles. The van der Waals surface area contributed by atoms with E-state index in [0.717, 1.165) is 9.37 Å². The number of aromatic nitrogens is 2. The van der Waals surface area contributed by atoms with Gasteiger partial charge in [0.05, 0.1) is 12.9 Å². The van der Waals surface area contributed by atoms with Gasteiger partial charge in [-0.05, 0) is 24.3 Å². The smallest absolute Gasteiger partial charge is 0.243 e. The second kappa shape index (κ2) is 6.68. The van der Waals surface area contributed by atoms with Crippen LogP contribution in [0.1, 0.15) is 10.5 Å². The zero-order valence-electron chi connectivity index (χ0n) is 10.2. The van der Waals surface area contributed by atoms with Gasteiger partial charge in [0.25, 0.3) is 0 Å². The minimum Gasteiger partial charge on any atom is -0.479 e. The minimum atomic E-state index is -0.0992. The SMILES string of the molecule is COc1nccnc1C(=O)CSc1ccc(Br)cc1. The number of hydrogen-bond donors (Lipinski definition) is 0. The second-order valence-corrected chi connectivity index (χ2v) is 5.54. The van der Waals surface area contributed by atoms with Gasteiger partial charge < -0.3 is 4.74 Å². The molecule has 0 spiro atoms. The number of carbonyl (C=O) groups excluding carboxylic acids is 1. The maximum atomic E-state index is 12.1. The standard InChI is InChI=1S/C13H11BrN2O2S/c1-18-13-12(15-6-7-16-13)11(17)8-19-10-4-2-9(14)3-5-10/h2-7H,8H2,1H3. The molecule has 4 nitrogen and oxygen atoms in total. The van der Waals surface area contributed by atoms with Gasteiger partial charge in [0.1, 0.15) is 0 Å². The Hall–Kier alpha value is -1.40. The zero-order valence-corrected chi connectivity index (χ0v) is 12.6. The molecule has 2 aromatic rings. The highest BCUT2D eigenvalue weighted by molar-refractivity contribution is 9.10. The first-order valence-corrected chi connectivity index (χ1v) is 7.25. The summed E-state index contributed by atoms with van der Waals surface area (Å²) < 4.78 is 6.04. The second-order valence-electron chi connectivity index (χ2n) is 3.58. The molecule has 1 aromatic heterocycles. The molecule has 0 saturated heterocycles. The summed E-state index contributed by atoms with van der Waals surface area (Å²) in [4.78, 5) is 21.1. The molecule has 0 amide bonds. The van der Waals surface area contributed by atoms with Gasteiger partial charge in [-0.1, -0.05) is 15.9 Å². The van der Waals surface area contributed by atoms with E-state index in [0.29, 0.717) is 5.75 Å². The maximum absolute atomic E-state index is 12.1. The van der Waals surface area contributed by atoms with Crippen LogP contribution in [0.4, 0.5) is 0 Å². The summed E-state index contributed by atoms with van der Waals surface area (Å²) in [6.45, 7) is 0. The lowest BCUT2D eigenvalue weighted by atomic mass is 10.3. The molecule has 0 bridgehead atoms. The zero-order chi connectivity index (χ0) is 13.7. The summed E-state index contributed by atoms with van der Waals surface area (Å²) in [5.74, 6) is 0.471. The molecule has 2 rings (SSSR count). The number of rotatable bonds is 5. The van der Waals surface area contributed by atoms with E-state index in [9.17, 15) is 4.79 Å². The average molecular weight is 339 g/mol. The Kier molecular flexibility index (Phi) is 4.93. The molecule has 19 heavy (non-hydrogen) atoms. The highest BCUT2D eigenvalue weighted by Crippen LogP contribution is 2.22. The number of hydrogen-bond acceptors (Lipinski definition) is 5. The average Bonchev–Trinajstić information content (AvgIpc) is 2.46. The van der Waals surface area contributed by atoms with Crippen molar-refractivity contribution in [1.29, 1.82) is 0 Å². The van der Waals surface area contributed by atoms with Gasteiger partial charge in [0.2, 0.25) is 5.88 Å². The summed E-state index contributed by atoms with van der Waals surface area (Å²) in [5, 5.41) is 0. The number of halogens is 1. The van der Waals surface area contributed by atoms with Gasteiger partial charge in [-0.15, -0.1) is 11.8 Å². The first-order valence-electron chi connectivity index (χ1n) is 5.47. The largest absolute Gasteiger partial charge is 0.479 e. The molecule has 0 atom stereocenters. The van der Waals surface area contributed by atoms with Crippen LogP contribution in [-0.2, 0) is 0 Å². The summed E-state index contributed by atoms with van der Waals surface area (Å²) in [5.41, 5.74) is 0.273. The lowest BCUT2D eigenvalue weighted by molar-refractivity contribution is 0.101. The molecule has 6 heteroatoms. The summed E-state index contributed by atoms with van der Waals surface area (Å²) in [6, 6.07) is 7.79. The monoisotopic (exact) mass is 338 g/mol. The minimum absolute atomic E-state index is 0.0992. The molecular formula is C13H11BrN2O2S. The van der Waals surface area contributed by atoms with Gasteiger partial charge in [-0.2, -0.15) is 0 Å². The number of thioether (sulfide) groups is 1. The molecule has 1 aromatic carbocycles. The van der Waals surface area contributed by atoms with Crippen molar-refractivity contribution in [2.45, 2.75) is 4.90 Å². The van der Waals surface area contributed by atoms with E-state index in [2.05, 4.69) is 25.9 Å². The highest BCUT2D eigenvalue weighted by atomic mass is 79.9. The number of methoxy groups -OCH3 is 1. The van der Waals surface area contributed by atoms with Crippen molar-refractivity contribution in [2.75, 3.05) is 12.9 Å². The molecule has 0 fully saturated rings. The summed E-state index contributed by atoms with van der Waals surface area (Å²) in [7, 11) is 1.47. The van der Waals surface area contributed by atoms with Crippen LogP contribution >= 0.6 is 27.7 Å². The summed E-state index contributed by atoms with van der Waals surface area (Å²) in [6.07, 6.45) is 2.98. The number of Topliss-reactive ketones (excluding diaryl/α,β-unsaturated/α-hetero) is 1. The molecule has 0 aliphatic heterocycles. The van der Waals surface area contributed by atoms with E-state index in [1.165, 1.54) is 31.3 Å². The quantitative estimate of drug-likeness (QED) is 0.618.